The van der Waals surface area contributed by atoms with Crippen LogP contribution in [0.25, 0.3) is 0 Å². The Kier molecular flexibility index (Phi) is 12.8. The van der Waals surface area contributed by atoms with Gasteiger partial charge in [-0.3, -0.25) is 9.89 Å². The molecule has 0 aliphatic carbocycles. The molecule has 2 rings (SSSR count). The standard InChI is InChI=1S/C23H40N4O.HI/c1-4-23(5-2,13-17-28)19-26-22(24-6-3)25-14-9-15-27-16-12-20-10-7-8-11-21(20)18-27;/h7-8,10-11,28H,4-6,9,12-19H2,1-3H3,(H2,24,25,26);1H. The molecule has 1 aromatic carbocycles. The van der Waals surface area contributed by atoms with Gasteiger partial charge >= 0.3 is 0 Å². The minimum Gasteiger partial charge on any atom is -0.396 e. The number of benzene rings is 1. The average molecular weight is 517 g/mol. The maximum absolute atomic E-state index is 9.41. The second-order valence-corrected chi connectivity index (χ2v) is 7.95. The van der Waals surface area contributed by atoms with Crippen molar-refractivity contribution in [3.8, 4) is 0 Å². The molecular weight excluding hydrogens is 475 g/mol. The molecule has 1 aliphatic heterocycles. The van der Waals surface area contributed by atoms with Gasteiger partial charge in [-0.15, -0.1) is 24.0 Å². The molecule has 0 atom stereocenters. The number of nitrogens with zero attached hydrogens (tertiary/aromatic N) is 2. The van der Waals surface area contributed by atoms with Gasteiger partial charge in [0.1, 0.15) is 0 Å². The Bertz CT molecular complexity index is 604. The van der Waals surface area contributed by atoms with Crippen LogP contribution in [0.3, 0.4) is 0 Å². The highest BCUT2D eigenvalue weighted by molar-refractivity contribution is 14.0. The number of guanidine groups is 1. The van der Waals surface area contributed by atoms with Crippen molar-refractivity contribution in [1.82, 2.24) is 15.5 Å². The van der Waals surface area contributed by atoms with E-state index in [2.05, 4.69) is 60.6 Å². The number of nitrogens with one attached hydrogen (secondary N) is 2. The van der Waals surface area contributed by atoms with E-state index in [0.29, 0.717) is 0 Å². The Labute approximate surface area is 194 Å². The number of hydrogen-bond donors (Lipinski definition) is 3. The van der Waals surface area contributed by atoms with Crippen LogP contribution in [0, 0.1) is 5.41 Å². The van der Waals surface area contributed by atoms with E-state index < -0.39 is 0 Å². The second kappa shape index (κ2) is 14.2. The van der Waals surface area contributed by atoms with Gasteiger partial charge in [0.05, 0.1) is 0 Å². The van der Waals surface area contributed by atoms with Crippen molar-refractivity contribution in [1.29, 1.82) is 0 Å². The molecule has 29 heavy (non-hydrogen) atoms. The van der Waals surface area contributed by atoms with E-state index >= 15 is 0 Å². The lowest BCUT2D eigenvalue weighted by molar-refractivity contribution is 0.175. The number of aliphatic hydroxyl groups excluding tert-OH is 1. The molecule has 0 amide bonds. The smallest absolute Gasteiger partial charge is 0.191 e. The lowest BCUT2D eigenvalue weighted by atomic mass is 9.79. The molecule has 3 N–H and O–H groups in total. The summed E-state index contributed by atoms with van der Waals surface area (Å²) in [7, 11) is 0. The van der Waals surface area contributed by atoms with Gasteiger partial charge in [-0.1, -0.05) is 38.1 Å². The maximum atomic E-state index is 9.41. The van der Waals surface area contributed by atoms with Gasteiger partial charge in [-0.25, -0.2) is 0 Å². The van der Waals surface area contributed by atoms with Crippen LogP contribution in [0.15, 0.2) is 29.3 Å². The van der Waals surface area contributed by atoms with Crippen LogP contribution < -0.4 is 10.6 Å². The topological polar surface area (TPSA) is 59.9 Å². The van der Waals surface area contributed by atoms with Gasteiger partial charge in [0, 0.05) is 45.9 Å². The number of aliphatic imine (C=N–C) groups is 1. The molecule has 0 unspecified atom stereocenters. The van der Waals surface area contributed by atoms with E-state index in [1.54, 1.807) is 0 Å². The minimum atomic E-state index is 0. The van der Waals surface area contributed by atoms with Crippen molar-refractivity contribution in [2.75, 3.05) is 39.3 Å². The molecule has 0 spiro atoms. The van der Waals surface area contributed by atoms with E-state index in [9.17, 15) is 5.11 Å². The molecule has 1 heterocycles. The predicted octanol–water partition coefficient (Wildman–Crippen LogP) is 3.80. The van der Waals surface area contributed by atoms with Gasteiger partial charge < -0.3 is 15.7 Å². The Morgan fingerprint density at radius 1 is 1.14 bits per heavy atom. The highest BCUT2D eigenvalue weighted by Gasteiger charge is 2.25. The van der Waals surface area contributed by atoms with Gasteiger partial charge in [0.15, 0.2) is 5.96 Å². The normalized spacial score (nSPS) is 14.8. The third kappa shape index (κ3) is 8.42. The fourth-order valence-corrected chi connectivity index (χ4v) is 3.99. The number of halogens is 1. The van der Waals surface area contributed by atoms with Gasteiger partial charge in [-0.2, -0.15) is 0 Å². The summed E-state index contributed by atoms with van der Waals surface area (Å²) in [5.74, 6) is 0.899. The lowest BCUT2D eigenvalue weighted by Gasteiger charge is -2.30. The van der Waals surface area contributed by atoms with Crippen LogP contribution in [0.5, 0.6) is 0 Å². The summed E-state index contributed by atoms with van der Waals surface area (Å²) in [4.78, 5) is 7.38. The molecule has 5 nitrogen and oxygen atoms in total. The van der Waals surface area contributed by atoms with Crippen molar-refractivity contribution >= 4 is 29.9 Å². The molecule has 0 bridgehead atoms. The van der Waals surface area contributed by atoms with Gasteiger partial charge in [0.25, 0.3) is 0 Å². The third-order valence-electron chi connectivity index (χ3n) is 6.21. The molecule has 6 heteroatoms. The Balaban J connectivity index is 0.00000420. The van der Waals surface area contributed by atoms with Crippen molar-refractivity contribution < 1.29 is 5.11 Å². The SMILES string of the molecule is CCNC(=NCC(CC)(CC)CCO)NCCCN1CCc2ccccc2C1.I. The third-order valence-corrected chi connectivity index (χ3v) is 6.21. The Morgan fingerprint density at radius 2 is 1.86 bits per heavy atom. The first-order chi connectivity index (χ1) is 13.7. The van der Waals surface area contributed by atoms with Crippen molar-refractivity contribution in [3.05, 3.63) is 35.4 Å². The van der Waals surface area contributed by atoms with Crippen molar-refractivity contribution in [2.24, 2.45) is 10.4 Å². The van der Waals surface area contributed by atoms with Gasteiger partial charge in [-0.05, 0) is 55.6 Å². The largest absolute Gasteiger partial charge is 0.396 e. The van der Waals surface area contributed by atoms with E-state index in [1.807, 2.05) is 0 Å². The monoisotopic (exact) mass is 516 g/mol. The van der Waals surface area contributed by atoms with Gasteiger partial charge in [0.2, 0.25) is 0 Å². The molecule has 0 fully saturated rings. The summed E-state index contributed by atoms with van der Waals surface area (Å²) in [6.07, 6.45) is 5.18. The maximum Gasteiger partial charge on any atom is 0.191 e. The molecule has 1 aliphatic rings. The predicted molar refractivity (Wildman–Crippen MR) is 134 cm³/mol. The summed E-state index contributed by atoms with van der Waals surface area (Å²) in [5.41, 5.74) is 3.10. The zero-order chi connectivity index (χ0) is 20.2. The van der Waals surface area contributed by atoms with Crippen molar-refractivity contribution in [3.63, 3.8) is 0 Å². The van der Waals surface area contributed by atoms with E-state index in [1.165, 1.54) is 11.1 Å². The first-order valence-electron chi connectivity index (χ1n) is 11.1. The Morgan fingerprint density at radius 3 is 2.52 bits per heavy atom. The zero-order valence-corrected chi connectivity index (χ0v) is 20.9. The van der Waals surface area contributed by atoms with Crippen LogP contribution in [-0.4, -0.2) is 55.3 Å². The van der Waals surface area contributed by atoms with E-state index in [0.717, 1.165) is 77.3 Å². The number of aliphatic hydroxyl groups is 1. The number of fused-ring (bicyclic) bond motifs is 1. The molecule has 0 saturated carbocycles. The Hall–Kier alpha value is -0.860. The van der Waals surface area contributed by atoms with E-state index in [-0.39, 0.29) is 36.0 Å². The highest BCUT2D eigenvalue weighted by Crippen LogP contribution is 2.30. The lowest BCUT2D eigenvalue weighted by Crippen LogP contribution is -2.40. The van der Waals surface area contributed by atoms with Crippen LogP contribution in [0.1, 0.15) is 57.6 Å². The van der Waals surface area contributed by atoms with Crippen LogP contribution in [-0.2, 0) is 13.0 Å². The average Bonchev–Trinajstić information content (AvgIpc) is 2.74. The fraction of sp³-hybridized carbons (Fsp3) is 0.696. The quantitative estimate of drug-likeness (QED) is 0.181. The van der Waals surface area contributed by atoms with E-state index in [4.69, 9.17) is 4.99 Å². The first kappa shape index (κ1) is 26.2. The fourth-order valence-electron chi connectivity index (χ4n) is 3.99. The molecule has 166 valence electrons. The highest BCUT2D eigenvalue weighted by atomic mass is 127. The van der Waals surface area contributed by atoms with Crippen LogP contribution >= 0.6 is 24.0 Å². The summed E-state index contributed by atoms with van der Waals surface area (Å²) >= 11 is 0. The summed E-state index contributed by atoms with van der Waals surface area (Å²) in [5, 5.41) is 16.3. The molecule has 0 saturated heterocycles. The van der Waals surface area contributed by atoms with Crippen molar-refractivity contribution in [2.45, 2.75) is 59.4 Å². The molecule has 0 aromatic heterocycles. The van der Waals surface area contributed by atoms with Crippen LogP contribution in [0.2, 0.25) is 0 Å². The number of hydrogen-bond acceptors (Lipinski definition) is 3. The summed E-state index contributed by atoms with van der Waals surface area (Å²) in [6, 6.07) is 8.81. The summed E-state index contributed by atoms with van der Waals surface area (Å²) in [6.45, 7) is 12.6. The number of rotatable bonds is 11. The molecule has 0 radical (unpaired) electrons. The van der Waals surface area contributed by atoms with Crippen LogP contribution in [0.4, 0.5) is 0 Å². The molecular formula is C23H41IN4O. The zero-order valence-electron chi connectivity index (χ0n) is 18.5. The first-order valence-corrected chi connectivity index (χ1v) is 11.1. The second-order valence-electron chi connectivity index (χ2n) is 7.95. The minimum absolute atomic E-state index is 0. The summed E-state index contributed by atoms with van der Waals surface area (Å²) < 4.78 is 0. The molecule has 1 aromatic rings.